The molecule has 178 valence electrons. The van der Waals surface area contributed by atoms with Crippen molar-refractivity contribution in [2.75, 3.05) is 18.0 Å². The number of aliphatic imine (C=N–C) groups is 1. The Labute approximate surface area is 193 Å². The molecule has 0 aliphatic heterocycles. The van der Waals surface area contributed by atoms with E-state index in [4.69, 9.17) is 10.5 Å². The van der Waals surface area contributed by atoms with Crippen molar-refractivity contribution in [1.82, 2.24) is 10.3 Å². The van der Waals surface area contributed by atoms with E-state index in [1.807, 2.05) is 20.8 Å². The number of alkyl carbamates (subject to hydrolysis) is 1. The Hall–Kier alpha value is -2.82. The SMILES string of the molecule is CC(C)(C)OC(=O)NCCCCCCCCCCCCN=C(N)N(C#N)c1ccncc1. The van der Waals surface area contributed by atoms with Crippen molar-refractivity contribution >= 4 is 17.7 Å². The lowest BCUT2D eigenvalue weighted by atomic mass is 10.1. The Morgan fingerprint density at radius 3 is 2.12 bits per heavy atom. The summed E-state index contributed by atoms with van der Waals surface area (Å²) in [5.41, 5.74) is 6.17. The number of nitriles is 1. The number of nitrogens with one attached hydrogen (secondary N) is 1. The van der Waals surface area contributed by atoms with Gasteiger partial charge in [0.15, 0.2) is 6.19 Å². The van der Waals surface area contributed by atoms with Crippen LogP contribution in [0.1, 0.15) is 85.0 Å². The van der Waals surface area contributed by atoms with Crippen LogP contribution in [0.2, 0.25) is 0 Å². The van der Waals surface area contributed by atoms with Gasteiger partial charge in [-0.25, -0.2) is 9.69 Å². The van der Waals surface area contributed by atoms with E-state index in [0.717, 1.165) is 25.7 Å². The molecule has 0 saturated heterocycles. The number of carbonyl (C=O) groups is 1. The van der Waals surface area contributed by atoms with Crippen LogP contribution in [0.3, 0.4) is 0 Å². The van der Waals surface area contributed by atoms with E-state index >= 15 is 0 Å². The van der Waals surface area contributed by atoms with Gasteiger partial charge in [0.2, 0.25) is 5.96 Å². The second-order valence-electron chi connectivity index (χ2n) is 8.84. The fraction of sp³-hybridized carbons (Fsp3) is 0.667. The third-order valence-electron chi connectivity index (χ3n) is 4.78. The predicted molar refractivity (Wildman–Crippen MR) is 129 cm³/mol. The molecular formula is C24H40N6O2. The van der Waals surface area contributed by atoms with Gasteiger partial charge in [0, 0.05) is 25.5 Å². The van der Waals surface area contributed by atoms with Gasteiger partial charge in [-0.2, -0.15) is 5.26 Å². The van der Waals surface area contributed by atoms with Gasteiger partial charge in [-0.15, -0.1) is 0 Å². The van der Waals surface area contributed by atoms with Crippen molar-refractivity contribution < 1.29 is 9.53 Å². The Morgan fingerprint density at radius 2 is 1.59 bits per heavy atom. The first-order valence-electron chi connectivity index (χ1n) is 11.7. The summed E-state index contributed by atoms with van der Waals surface area (Å²) < 4.78 is 5.21. The van der Waals surface area contributed by atoms with E-state index in [9.17, 15) is 10.1 Å². The van der Waals surface area contributed by atoms with Crippen molar-refractivity contribution in [3.63, 3.8) is 0 Å². The van der Waals surface area contributed by atoms with Crippen molar-refractivity contribution in [2.24, 2.45) is 10.7 Å². The molecule has 8 nitrogen and oxygen atoms in total. The summed E-state index contributed by atoms with van der Waals surface area (Å²) in [6, 6.07) is 3.46. The maximum atomic E-state index is 11.5. The summed E-state index contributed by atoms with van der Waals surface area (Å²) >= 11 is 0. The minimum absolute atomic E-state index is 0.222. The zero-order valence-corrected chi connectivity index (χ0v) is 20.0. The molecule has 1 aromatic heterocycles. The number of ether oxygens (including phenoxy) is 1. The highest BCUT2D eigenvalue weighted by atomic mass is 16.6. The zero-order valence-electron chi connectivity index (χ0n) is 20.0. The smallest absolute Gasteiger partial charge is 0.407 e. The summed E-state index contributed by atoms with van der Waals surface area (Å²) in [5, 5.41) is 12.1. The number of pyridine rings is 1. The molecule has 0 unspecified atom stereocenters. The van der Waals surface area contributed by atoms with Gasteiger partial charge in [-0.1, -0.05) is 51.4 Å². The monoisotopic (exact) mass is 444 g/mol. The molecule has 0 radical (unpaired) electrons. The van der Waals surface area contributed by atoms with Crippen LogP contribution in [0, 0.1) is 11.5 Å². The third kappa shape index (κ3) is 13.5. The Morgan fingerprint density at radius 1 is 1.06 bits per heavy atom. The molecule has 0 aromatic carbocycles. The van der Waals surface area contributed by atoms with E-state index in [-0.39, 0.29) is 12.1 Å². The molecule has 32 heavy (non-hydrogen) atoms. The molecule has 3 N–H and O–H groups in total. The number of hydrogen-bond donors (Lipinski definition) is 2. The lowest BCUT2D eigenvalue weighted by Gasteiger charge is -2.19. The summed E-state index contributed by atoms with van der Waals surface area (Å²) in [6.45, 7) is 6.91. The first kappa shape index (κ1) is 27.2. The van der Waals surface area contributed by atoms with Gasteiger partial charge >= 0.3 is 6.09 Å². The molecule has 1 amide bonds. The number of amides is 1. The number of aromatic nitrogens is 1. The van der Waals surface area contributed by atoms with Crippen LogP contribution in [0.15, 0.2) is 29.5 Å². The highest BCUT2D eigenvalue weighted by Crippen LogP contribution is 2.12. The molecule has 0 saturated carbocycles. The van der Waals surface area contributed by atoms with E-state index in [2.05, 4.69) is 21.5 Å². The fourth-order valence-corrected chi connectivity index (χ4v) is 3.15. The average molecular weight is 445 g/mol. The van der Waals surface area contributed by atoms with Crippen molar-refractivity contribution in [3.05, 3.63) is 24.5 Å². The lowest BCUT2D eigenvalue weighted by molar-refractivity contribution is 0.0527. The maximum Gasteiger partial charge on any atom is 0.407 e. The normalized spacial score (nSPS) is 11.6. The molecule has 1 rings (SSSR count). The van der Waals surface area contributed by atoms with Gasteiger partial charge in [-0.3, -0.25) is 9.98 Å². The minimum atomic E-state index is -0.441. The molecule has 0 aliphatic carbocycles. The Bertz CT molecular complexity index is 709. The molecule has 0 bridgehead atoms. The number of anilines is 1. The van der Waals surface area contributed by atoms with Crippen LogP contribution in [0.5, 0.6) is 0 Å². The molecule has 0 atom stereocenters. The minimum Gasteiger partial charge on any atom is -0.444 e. The number of nitrogens with two attached hydrogens (primary N) is 1. The van der Waals surface area contributed by atoms with Gasteiger partial charge in [-0.05, 0) is 45.7 Å². The number of carbonyl (C=O) groups excluding carboxylic acids is 1. The molecule has 1 aromatic rings. The van der Waals surface area contributed by atoms with Crippen LogP contribution < -0.4 is 16.0 Å². The average Bonchev–Trinajstić information content (AvgIpc) is 2.74. The molecule has 0 fully saturated rings. The summed E-state index contributed by atoms with van der Waals surface area (Å²) in [6.07, 6.45) is 16.6. The number of rotatable bonds is 14. The van der Waals surface area contributed by atoms with Gasteiger partial charge in [0.1, 0.15) is 5.60 Å². The van der Waals surface area contributed by atoms with Crippen LogP contribution in [-0.2, 0) is 4.74 Å². The maximum absolute atomic E-state index is 11.5. The molecule has 1 heterocycles. The summed E-state index contributed by atoms with van der Waals surface area (Å²) in [4.78, 5) is 21.1. The summed E-state index contributed by atoms with van der Waals surface area (Å²) in [7, 11) is 0. The second kappa shape index (κ2) is 15.9. The molecule has 0 spiro atoms. The number of guanidine groups is 1. The first-order chi connectivity index (χ1) is 15.3. The van der Waals surface area contributed by atoms with E-state index in [1.54, 1.807) is 24.5 Å². The van der Waals surface area contributed by atoms with E-state index in [0.29, 0.717) is 18.8 Å². The second-order valence-corrected chi connectivity index (χ2v) is 8.84. The number of unbranched alkanes of at least 4 members (excludes halogenated alkanes) is 9. The van der Waals surface area contributed by atoms with E-state index in [1.165, 1.54) is 43.4 Å². The Kier molecular flexibility index (Phi) is 13.5. The van der Waals surface area contributed by atoms with Crippen molar-refractivity contribution in [3.8, 4) is 6.19 Å². The lowest BCUT2D eigenvalue weighted by Crippen LogP contribution is -2.33. The predicted octanol–water partition coefficient (Wildman–Crippen LogP) is 5.11. The topological polar surface area (TPSA) is 117 Å². The zero-order chi connectivity index (χ0) is 23.7. The van der Waals surface area contributed by atoms with Gasteiger partial charge in [0.05, 0.1) is 5.69 Å². The van der Waals surface area contributed by atoms with Crippen LogP contribution in [0.4, 0.5) is 10.5 Å². The van der Waals surface area contributed by atoms with Crippen LogP contribution >= 0.6 is 0 Å². The summed E-state index contributed by atoms with van der Waals surface area (Å²) in [5.74, 6) is 0.222. The molecule has 0 aliphatic rings. The quantitative estimate of drug-likeness (QED) is 0.135. The third-order valence-corrected chi connectivity index (χ3v) is 4.78. The number of hydrogen-bond acceptors (Lipinski definition) is 5. The van der Waals surface area contributed by atoms with Crippen molar-refractivity contribution in [1.29, 1.82) is 5.26 Å². The number of nitrogens with zero attached hydrogens (tertiary/aromatic N) is 4. The van der Waals surface area contributed by atoms with E-state index < -0.39 is 5.60 Å². The highest BCUT2D eigenvalue weighted by Gasteiger charge is 2.15. The molecular weight excluding hydrogens is 404 g/mol. The first-order valence-corrected chi connectivity index (χ1v) is 11.7. The molecule has 8 heteroatoms. The fourth-order valence-electron chi connectivity index (χ4n) is 3.15. The van der Waals surface area contributed by atoms with Crippen LogP contribution in [-0.4, -0.2) is 35.7 Å². The standard InChI is InChI=1S/C24H40N6O2/c1-24(2,3)32-23(31)29-17-13-11-9-7-5-4-6-8-10-12-16-28-22(26)30(20-25)21-14-18-27-19-15-21/h14-15,18-19H,4-13,16-17H2,1-3H3,(H2,26,28)(H,29,31). The van der Waals surface area contributed by atoms with Gasteiger partial charge in [0.25, 0.3) is 0 Å². The van der Waals surface area contributed by atoms with Crippen LogP contribution in [0.25, 0.3) is 0 Å². The van der Waals surface area contributed by atoms with Gasteiger partial charge < -0.3 is 15.8 Å². The highest BCUT2D eigenvalue weighted by molar-refractivity contribution is 5.97. The largest absolute Gasteiger partial charge is 0.444 e. The Balaban J connectivity index is 1.95. The van der Waals surface area contributed by atoms with Crippen molar-refractivity contribution in [2.45, 2.75) is 90.6 Å².